The number of aliphatic carboxylic acids is 1. The molecule has 1 rings (SSSR count). The number of nitrogens with one attached hydrogen (secondary N) is 1. The van der Waals surface area contributed by atoms with Crippen LogP contribution in [0.1, 0.15) is 18.9 Å². The number of benzene rings is 1. The van der Waals surface area contributed by atoms with E-state index >= 15 is 0 Å². The van der Waals surface area contributed by atoms with Crippen LogP contribution in [-0.4, -0.2) is 17.0 Å². The second-order valence-corrected chi connectivity index (χ2v) is 3.81. The lowest BCUT2D eigenvalue weighted by molar-refractivity contribution is -0.136. The van der Waals surface area contributed by atoms with E-state index in [0.717, 1.165) is 5.56 Å². The predicted octanol–water partition coefficient (Wildman–Crippen LogP) is 2.32. The van der Waals surface area contributed by atoms with Gasteiger partial charge in [-0.2, -0.15) is 0 Å². The number of carboxylic acids is 1. The molecule has 0 fully saturated rings. The molecule has 0 aromatic heterocycles. The molecule has 4 nitrogen and oxygen atoms in total. The molecule has 0 aliphatic heterocycles. The van der Waals surface area contributed by atoms with Crippen LogP contribution in [0.4, 0.5) is 5.69 Å². The minimum atomic E-state index is -0.872. The molecule has 0 bridgehead atoms. The largest absolute Gasteiger partial charge is 0.481 e. The number of aryl methyl sites for hydroxylation is 1. The zero-order chi connectivity index (χ0) is 12.1. The van der Waals surface area contributed by atoms with Gasteiger partial charge in [-0.3, -0.25) is 9.59 Å². The third kappa shape index (κ3) is 3.90. The number of rotatable bonds is 4. The molecule has 0 radical (unpaired) electrons. The van der Waals surface area contributed by atoms with Crippen molar-refractivity contribution in [2.75, 3.05) is 5.32 Å². The van der Waals surface area contributed by atoms with Crippen molar-refractivity contribution in [1.29, 1.82) is 0 Å². The Morgan fingerprint density at radius 1 is 1.44 bits per heavy atom. The summed E-state index contributed by atoms with van der Waals surface area (Å²) in [6, 6.07) is 5.00. The smallest absolute Gasteiger partial charge is 0.303 e. The topological polar surface area (TPSA) is 66.4 Å². The summed E-state index contributed by atoms with van der Waals surface area (Å²) in [4.78, 5) is 21.4. The maximum absolute atomic E-state index is 10.9. The Morgan fingerprint density at radius 2 is 2.12 bits per heavy atom. The molecule has 0 heterocycles. The van der Waals surface area contributed by atoms with Crippen molar-refractivity contribution in [2.24, 2.45) is 0 Å². The summed E-state index contributed by atoms with van der Waals surface area (Å²) in [7, 11) is 0. The predicted molar refractivity (Wildman–Crippen MR) is 61.7 cm³/mol. The van der Waals surface area contributed by atoms with Crippen LogP contribution in [0.15, 0.2) is 18.2 Å². The molecule has 1 aromatic rings. The third-order valence-corrected chi connectivity index (χ3v) is 2.23. The molecule has 86 valence electrons. The van der Waals surface area contributed by atoms with Crippen molar-refractivity contribution in [2.45, 2.75) is 19.8 Å². The number of carboxylic acid groups (broad SMARTS) is 1. The minimum Gasteiger partial charge on any atom is -0.481 e. The molecule has 0 aliphatic carbocycles. The van der Waals surface area contributed by atoms with Crippen LogP contribution in [0, 0.1) is 0 Å². The van der Waals surface area contributed by atoms with Crippen LogP contribution in [0.5, 0.6) is 0 Å². The van der Waals surface area contributed by atoms with Crippen LogP contribution in [0.25, 0.3) is 0 Å². The molecule has 0 saturated heterocycles. The van der Waals surface area contributed by atoms with Gasteiger partial charge in [0.1, 0.15) is 0 Å². The molecule has 0 aliphatic rings. The van der Waals surface area contributed by atoms with Crippen LogP contribution in [-0.2, 0) is 16.0 Å². The molecule has 5 heteroatoms. The first-order valence-corrected chi connectivity index (χ1v) is 5.14. The van der Waals surface area contributed by atoms with Crippen molar-refractivity contribution < 1.29 is 14.7 Å². The molecular weight excluding hydrogens is 230 g/mol. The number of amides is 1. The number of carbonyl (C=O) groups excluding carboxylic acids is 1. The standard InChI is InChI=1S/C11H12ClNO3/c1-7(14)13-10-6-9(12)4-2-8(10)3-5-11(15)16/h2,4,6H,3,5H2,1H3,(H,13,14)(H,15,16). The van der Waals surface area contributed by atoms with E-state index in [1.807, 2.05) is 0 Å². The van der Waals surface area contributed by atoms with Gasteiger partial charge in [-0.05, 0) is 24.1 Å². The van der Waals surface area contributed by atoms with E-state index in [0.29, 0.717) is 17.1 Å². The van der Waals surface area contributed by atoms with Crippen molar-refractivity contribution >= 4 is 29.2 Å². The Labute approximate surface area is 98.2 Å². The molecule has 0 atom stereocenters. The first kappa shape index (κ1) is 12.5. The van der Waals surface area contributed by atoms with E-state index in [-0.39, 0.29) is 12.3 Å². The van der Waals surface area contributed by atoms with Gasteiger partial charge in [0.05, 0.1) is 0 Å². The van der Waals surface area contributed by atoms with Gasteiger partial charge in [0.15, 0.2) is 0 Å². The number of anilines is 1. The van der Waals surface area contributed by atoms with Gasteiger partial charge in [0, 0.05) is 24.1 Å². The molecule has 0 unspecified atom stereocenters. The van der Waals surface area contributed by atoms with Gasteiger partial charge < -0.3 is 10.4 Å². The van der Waals surface area contributed by atoms with E-state index in [1.165, 1.54) is 6.92 Å². The van der Waals surface area contributed by atoms with E-state index in [1.54, 1.807) is 18.2 Å². The fourth-order valence-corrected chi connectivity index (χ4v) is 1.49. The number of carbonyl (C=O) groups is 2. The lowest BCUT2D eigenvalue weighted by atomic mass is 10.1. The summed E-state index contributed by atoms with van der Waals surface area (Å²) in [5.74, 6) is -1.08. The first-order chi connectivity index (χ1) is 7.49. The maximum Gasteiger partial charge on any atom is 0.303 e. The fourth-order valence-electron chi connectivity index (χ4n) is 1.31. The Kier molecular flexibility index (Phi) is 4.31. The summed E-state index contributed by atoms with van der Waals surface area (Å²) < 4.78 is 0. The summed E-state index contributed by atoms with van der Waals surface area (Å²) in [5.41, 5.74) is 1.34. The van der Waals surface area contributed by atoms with Gasteiger partial charge >= 0.3 is 5.97 Å². The summed E-state index contributed by atoms with van der Waals surface area (Å²) >= 11 is 5.80. The van der Waals surface area contributed by atoms with Crippen LogP contribution in [0.2, 0.25) is 5.02 Å². The summed E-state index contributed by atoms with van der Waals surface area (Å²) in [6.07, 6.45) is 0.385. The van der Waals surface area contributed by atoms with E-state index in [9.17, 15) is 9.59 Å². The quantitative estimate of drug-likeness (QED) is 0.850. The number of hydrogen-bond acceptors (Lipinski definition) is 2. The molecule has 0 saturated carbocycles. The molecule has 2 N–H and O–H groups in total. The summed E-state index contributed by atoms with van der Waals surface area (Å²) in [6.45, 7) is 1.39. The van der Waals surface area contributed by atoms with Crippen molar-refractivity contribution in [1.82, 2.24) is 0 Å². The minimum absolute atomic E-state index is 0.0220. The van der Waals surface area contributed by atoms with Crippen molar-refractivity contribution in [3.8, 4) is 0 Å². The number of hydrogen-bond donors (Lipinski definition) is 2. The van der Waals surface area contributed by atoms with Gasteiger partial charge in [-0.25, -0.2) is 0 Å². The lowest BCUT2D eigenvalue weighted by Gasteiger charge is -2.09. The highest BCUT2D eigenvalue weighted by Crippen LogP contribution is 2.22. The lowest BCUT2D eigenvalue weighted by Crippen LogP contribution is -2.09. The Hall–Kier alpha value is -1.55. The van der Waals surface area contributed by atoms with Crippen LogP contribution in [0.3, 0.4) is 0 Å². The van der Waals surface area contributed by atoms with Crippen LogP contribution >= 0.6 is 11.6 Å². The Bertz CT molecular complexity index is 418. The van der Waals surface area contributed by atoms with Crippen LogP contribution < -0.4 is 5.32 Å². The number of halogens is 1. The molecule has 16 heavy (non-hydrogen) atoms. The highest BCUT2D eigenvalue weighted by molar-refractivity contribution is 6.31. The first-order valence-electron chi connectivity index (χ1n) is 4.77. The zero-order valence-electron chi connectivity index (χ0n) is 8.79. The van der Waals surface area contributed by atoms with Gasteiger partial charge in [0.25, 0.3) is 0 Å². The average Bonchev–Trinajstić information content (AvgIpc) is 2.15. The van der Waals surface area contributed by atoms with Gasteiger partial charge in [-0.15, -0.1) is 0 Å². The SMILES string of the molecule is CC(=O)Nc1cc(Cl)ccc1CCC(=O)O. The molecular formula is C11H12ClNO3. The van der Waals surface area contributed by atoms with Gasteiger partial charge in [0.2, 0.25) is 5.91 Å². The average molecular weight is 242 g/mol. The van der Waals surface area contributed by atoms with E-state index in [2.05, 4.69) is 5.32 Å². The maximum atomic E-state index is 10.9. The monoisotopic (exact) mass is 241 g/mol. The van der Waals surface area contributed by atoms with E-state index < -0.39 is 5.97 Å². The molecule has 0 spiro atoms. The second-order valence-electron chi connectivity index (χ2n) is 3.38. The van der Waals surface area contributed by atoms with Gasteiger partial charge in [-0.1, -0.05) is 17.7 Å². The fraction of sp³-hybridized carbons (Fsp3) is 0.273. The summed E-state index contributed by atoms with van der Waals surface area (Å²) in [5, 5.41) is 11.7. The highest BCUT2D eigenvalue weighted by Gasteiger charge is 2.07. The van der Waals surface area contributed by atoms with E-state index in [4.69, 9.17) is 16.7 Å². The normalized spacial score (nSPS) is 9.88. The Morgan fingerprint density at radius 3 is 2.69 bits per heavy atom. The zero-order valence-corrected chi connectivity index (χ0v) is 9.54. The molecule has 1 aromatic carbocycles. The highest BCUT2D eigenvalue weighted by atomic mass is 35.5. The third-order valence-electron chi connectivity index (χ3n) is 1.99. The second kappa shape index (κ2) is 5.51. The van der Waals surface area contributed by atoms with Crippen molar-refractivity contribution in [3.63, 3.8) is 0 Å². The van der Waals surface area contributed by atoms with Crippen molar-refractivity contribution in [3.05, 3.63) is 28.8 Å². The molecule has 1 amide bonds. The Balaban J connectivity index is 2.88.